The van der Waals surface area contributed by atoms with Gasteiger partial charge < -0.3 is 9.64 Å². The van der Waals surface area contributed by atoms with Crippen LogP contribution in [0.2, 0.25) is 0 Å². The number of H-pyrrole nitrogens is 1. The highest BCUT2D eigenvalue weighted by Crippen LogP contribution is 2.37. The van der Waals surface area contributed by atoms with Crippen molar-refractivity contribution in [3.8, 4) is 0 Å². The lowest BCUT2D eigenvalue weighted by atomic mass is 10.0. The molecule has 1 saturated heterocycles. The van der Waals surface area contributed by atoms with Crippen LogP contribution in [0.1, 0.15) is 22.9 Å². The number of anilines is 1. The Bertz CT molecular complexity index is 861. The van der Waals surface area contributed by atoms with Gasteiger partial charge in [0.15, 0.2) is 0 Å². The van der Waals surface area contributed by atoms with E-state index >= 15 is 0 Å². The van der Waals surface area contributed by atoms with Crippen LogP contribution in [-0.2, 0) is 4.74 Å². The number of aromatic nitrogens is 4. The molecule has 2 atom stereocenters. The maximum absolute atomic E-state index is 5.74. The lowest BCUT2D eigenvalue weighted by Gasteiger charge is -2.23. The minimum Gasteiger partial charge on any atom is -0.379 e. The normalized spacial score (nSPS) is 20.9. The second-order valence-electron chi connectivity index (χ2n) is 6.37. The predicted molar refractivity (Wildman–Crippen MR) is 93.4 cm³/mol. The Hall–Kier alpha value is -2.47. The molecule has 1 aliphatic rings. The molecule has 1 aliphatic heterocycles. The summed E-state index contributed by atoms with van der Waals surface area (Å²) in [6, 6.07) is 8.33. The SMILES string of the molecule is CO[C@@H]1CN(c2c(C)c(C)nc3ccccc23)C[C@H]1c1cn[nH]n1. The van der Waals surface area contributed by atoms with Gasteiger partial charge in [-0.25, -0.2) is 0 Å². The quantitative estimate of drug-likeness (QED) is 0.802. The largest absolute Gasteiger partial charge is 0.379 e. The molecule has 4 rings (SSSR count). The van der Waals surface area contributed by atoms with Gasteiger partial charge in [0.2, 0.25) is 0 Å². The molecule has 1 N–H and O–H groups in total. The van der Waals surface area contributed by atoms with Crippen molar-refractivity contribution in [3.63, 3.8) is 0 Å². The van der Waals surface area contributed by atoms with Crippen LogP contribution in [0.15, 0.2) is 30.5 Å². The Labute approximate surface area is 140 Å². The molecule has 0 spiro atoms. The molecule has 124 valence electrons. The number of nitrogens with one attached hydrogen (secondary N) is 1. The molecule has 0 saturated carbocycles. The van der Waals surface area contributed by atoms with E-state index in [-0.39, 0.29) is 12.0 Å². The average molecular weight is 323 g/mol. The van der Waals surface area contributed by atoms with Crippen LogP contribution < -0.4 is 4.90 Å². The van der Waals surface area contributed by atoms with Crippen LogP contribution in [0.25, 0.3) is 10.9 Å². The number of pyridine rings is 1. The zero-order chi connectivity index (χ0) is 16.7. The van der Waals surface area contributed by atoms with Crippen molar-refractivity contribution in [3.05, 3.63) is 47.4 Å². The Morgan fingerprint density at radius 1 is 1.21 bits per heavy atom. The van der Waals surface area contributed by atoms with Crippen molar-refractivity contribution >= 4 is 16.6 Å². The van der Waals surface area contributed by atoms with Gasteiger partial charge in [-0.15, -0.1) is 0 Å². The average Bonchev–Trinajstić information content (AvgIpc) is 3.24. The Kier molecular flexibility index (Phi) is 3.69. The molecule has 3 aromatic rings. The van der Waals surface area contributed by atoms with Crippen LogP contribution in [0, 0.1) is 13.8 Å². The van der Waals surface area contributed by atoms with Gasteiger partial charge in [0.1, 0.15) is 0 Å². The molecule has 1 aromatic carbocycles. The lowest BCUT2D eigenvalue weighted by Crippen LogP contribution is -2.23. The van der Waals surface area contributed by atoms with Gasteiger partial charge >= 0.3 is 0 Å². The smallest absolute Gasteiger partial charge is 0.0899 e. The number of hydrogen-bond donors (Lipinski definition) is 1. The second-order valence-corrected chi connectivity index (χ2v) is 6.37. The molecule has 1 fully saturated rings. The molecular weight excluding hydrogens is 302 g/mol. The maximum atomic E-state index is 5.74. The third kappa shape index (κ3) is 2.34. The summed E-state index contributed by atoms with van der Waals surface area (Å²) in [5, 5.41) is 12.1. The first kappa shape index (κ1) is 15.1. The van der Waals surface area contributed by atoms with Crippen molar-refractivity contribution in [2.24, 2.45) is 0 Å². The summed E-state index contributed by atoms with van der Waals surface area (Å²) >= 11 is 0. The highest BCUT2D eigenvalue weighted by atomic mass is 16.5. The fourth-order valence-corrected chi connectivity index (χ4v) is 3.69. The second kappa shape index (κ2) is 5.87. The summed E-state index contributed by atoms with van der Waals surface area (Å²) in [5.41, 5.74) is 5.55. The molecule has 2 aromatic heterocycles. The summed E-state index contributed by atoms with van der Waals surface area (Å²) < 4.78 is 5.74. The number of para-hydroxylation sites is 1. The van der Waals surface area contributed by atoms with Crippen LogP contribution in [0.5, 0.6) is 0 Å². The third-order valence-electron chi connectivity index (χ3n) is 5.04. The van der Waals surface area contributed by atoms with Gasteiger partial charge in [0.05, 0.1) is 35.1 Å². The number of methoxy groups -OCH3 is 1. The fraction of sp³-hybridized carbons (Fsp3) is 0.389. The highest BCUT2D eigenvalue weighted by Gasteiger charge is 2.37. The molecule has 6 nitrogen and oxygen atoms in total. The van der Waals surface area contributed by atoms with E-state index in [4.69, 9.17) is 9.72 Å². The van der Waals surface area contributed by atoms with Gasteiger partial charge in [-0.05, 0) is 25.5 Å². The van der Waals surface area contributed by atoms with E-state index in [9.17, 15) is 0 Å². The standard InChI is InChI=1S/C18H21N5O/c1-11-12(2)20-15-7-5-4-6-13(15)18(11)23-9-14(17(10-23)24-3)16-8-19-22-21-16/h4-8,14,17H,9-10H2,1-3H3,(H,19,21,22)/t14-,17+/m0/s1. The van der Waals surface area contributed by atoms with Gasteiger partial charge in [-0.1, -0.05) is 18.2 Å². The van der Waals surface area contributed by atoms with Crippen molar-refractivity contribution in [2.75, 3.05) is 25.1 Å². The van der Waals surface area contributed by atoms with Crippen LogP contribution in [-0.4, -0.2) is 46.7 Å². The van der Waals surface area contributed by atoms with Crippen molar-refractivity contribution in [1.29, 1.82) is 0 Å². The third-order valence-corrected chi connectivity index (χ3v) is 5.04. The first-order valence-corrected chi connectivity index (χ1v) is 8.18. The summed E-state index contributed by atoms with van der Waals surface area (Å²) in [5.74, 6) is 0.209. The minimum atomic E-state index is 0.0988. The molecular formula is C18H21N5O. The molecule has 24 heavy (non-hydrogen) atoms. The van der Waals surface area contributed by atoms with Gasteiger partial charge in [-0.2, -0.15) is 15.4 Å². The van der Waals surface area contributed by atoms with Gasteiger partial charge in [0.25, 0.3) is 0 Å². The van der Waals surface area contributed by atoms with E-state index < -0.39 is 0 Å². The first-order valence-electron chi connectivity index (χ1n) is 8.18. The van der Waals surface area contributed by atoms with E-state index in [2.05, 4.69) is 52.4 Å². The van der Waals surface area contributed by atoms with E-state index in [0.717, 1.165) is 30.0 Å². The summed E-state index contributed by atoms with van der Waals surface area (Å²) in [7, 11) is 1.77. The van der Waals surface area contributed by atoms with E-state index in [1.54, 1.807) is 13.3 Å². The number of benzene rings is 1. The summed E-state index contributed by atoms with van der Waals surface area (Å²) in [4.78, 5) is 7.13. The molecule has 0 radical (unpaired) electrons. The number of hydrogen-bond acceptors (Lipinski definition) is 5. The van der Waals surface area contributed by atoms with Crippen molar-refractivity contribution < 1.29 is 4.74 Å². The maximum Gasteiger partial charge on any atom is 0.0899 e. The van der Waals surface area contributed by atoms with Crippen LogP contribution in [0.3, 0.4) is 0 Å². The number of aromatic amines is 1. The Morgan fingerprint density at radius 3 is 2.79 bits per heavy atom. The zero-order valence-corrected chi connectivity index (χ0v) is 14.2. The lowest BCUT2D eigenvalue weighted by molar-refractivity contribution is 0.106. The van der Waals surface area contributed by atoms with Crippen molar-refractivity contribution in [2.45, 2.75) is 25.9 Å². The monoisotopic (exact) mass is 323 g/mol. The molecule has 6 heteroatoms. The first-order chi connectivity index (χ1) is 11.7. The number of rotatable bonds is 3. The van der Waals surface area contributed by atoms with Gasteiger partial charge in [-0.3, -0.25) is 4.98 Å². The Morgan fingerprint density at radius 2 is 2.04 bits per heavy atom. The molecule has 0 aliphatic carbocycles. The molecule has 0 unspecified atom stereocenters. The highest BCUT2D eigenvalue weighted by molar-refractivity contribution is 5.94. The van der Waals surface area contributed by atoms with Crippen LogP contribution in [0.4, 0.5) is 5.69 Å². The number of ether oxygens (including phenoxy) is 1. The predicted octanol–water partition coefficient (Wildman–Crippen LogP) is 2.59. The topological polar surface area (TPSA) is 66.9 Å². The molecule has 0 bridgehead atoms. The minimum absolute atomic E-state index is 0.0988. The Balaban J connectivity index is 1.80. The zero-order valence-electron chi connectivity index (χ0n) is 14.2. The molecule has 3 heterocycles. The van der Waals surface area contributed by atoms with Crippen LogP contribution >= 0.6 is 0 Å². The number of aryl methyl sites for hydroxylation is 1. The van der Waals surface area contributed by atoms with Crippen molar-refractivity contribution in [1.82, 2.24) is 20.4 Å². The molecule has 0 amide bonds. The fourth-order valence-electron chi connectivity index (χ4n) is 3.69. The number of fused-ring (bicyclic) bond motifs is 1. The van der Waals surface area contributed by atoms with E-state index in [1.165, 1.54) is 16.6 Å². The van der Waals surface area contributed by atoms with Gasteiger partial charge in [0, 0.05) is 31.3 Å². The summed E-state index contributed by atoms with van der Waals surface area (Å²) in [6.07, 6.45) is 1.89. The number of nitrogens with zero attached hydrogens (tertiary/aromatic N) is 4. The van der Waals surface area contributed by atoms with E-state index in [1.807, 2.05) is 6.07 Å². The van der Waals surface area contributed by atoms with E-state index in [0.29, 0.717) is 0 Å². The summed E-state index contributed by atoms with van der Waals surface area (Å²) in [6.45, 7) is 5.92.